The molecule has 0 unspecified atom stereocenters. The van der Waals surface area contributed by atoms with Crippen LogP contribution < -0.4 is 14.8 Å². The molecule has 1 heterocycles. The van der Waals surface area contributed by atoms with E-state index in [4.69, 9.17) is 9.47 Å². The van der Waals surface area contributed by atoms with Crippen molar-refractivity contribution < 1.29 is 9.47 Å². The van der Waals surface area contributed by atoms with Gasteiger partial charge in [0, 0.05) is 18.8 Å². The molecule has 0 aliphatic rings. The number of hydrogen-bond acceptors (Lipinski definition) is 4. The maximum absolute atomic E-state index is 5.19. The lowest BCUT2D eigenvalue weighted by molar-refractivity contribution is 0.348. The van der Waals surface area contributed by atoms with Gasteiger partial charge in [0.05, 0.1) is 19.9 Å². The molecule has 0 aliphatic heterocycles. The molecule has 0 fully saturated rings. The lowest BCUT2D eigenvalue weighted by atomic mass is 10.3. The zero-order valence-corrected chi connectivity index (χ0v) is 10.6. The quantitative estimate of drug-likeness (QED) is 0.888. The zero-order valence-electron chi connectivity index (χ0n) is 8.94. The molecule has 0 amide bonds. The Hall–Kier alpha value is -0.710. The topological polar surface area (TPSA) is 43.4 Å². The van der Waals surface area contributed by atoms with Crippen LogP contribution in [0.3, 0.4) is 0 Å². The van der Waals surface area contributed by atoms with Gasteiger partial charge >= 0.3 is 0 Å². The molecular weight excluding hydrogens is 239 g/mol. The molecule has 6 heteroatoms. The largest absolute Gasteiger partial charge is 0.493 e. The standard InChI is InChI=1S/C9H14N2O2.2ClH/c1-10-6-7-9(13-3)8(12-2)4-5-11-7;;/h4-5,10H,6H2,1-3H3;2*1H. The summed E-state index contributed by atoms with van der Waals surface area (Å²) >= 11 is 0. The van der Waals surface area contributed by atoms with Gasteiger partial charge < -0.3 is 14.8 Å². The Labute approximate surface area is 102 Å². The number of pyridine rings is 1. The van der Waals surface area contributed by atoms with E-state index in [0.29, 0.717) is 18.0 Å². The lowest BCUT2D eigenvalue weighted by Gasteiger charge is -2.10. The van der Waals surface area contributed by atoms with E-state index in [1.807, 2.05) is 7.05 Å². The van der Waals surface area contributed by atoms with Crippen LogP contribution in [0.25, 0.3) is 0 Å². The number of hydrogen-bond donors (Lipinski definition) is 1. The maximum atomic E-state index is 5.19. The van der Waals surface area contributed by atoms with Gasteiger partial charge in [-0.2, -0.15) is 0 Å². The van der Waals surface area contributed by atoms with Crippen LogP contribution in [0.4, 0.5) is 0 Å². The summed E-state index contributed by atoms with van der Waals surface area (Å²) in [5.74, 6) is 1.40. The minimum Gasteiger partial charge on any atom is -0.493 e. The van der Waals surface area contributed by atoms with Gasteiger partial charge in [0.2, 0.25) is 0 Å². The molecule has 0 saturated carbocycles. The Morgan fingerprint density at radius 2 is 1.93 bits per heavy atom. The molecule has 0 aromatic carbocycles. The second kappa shape index (κ2) is 8.59. The first kappa shape index (κ1) is 16.7. The molecule has 1 aromatic rings. The van der Waals surface area contributed by atoms with Crippen molar-refractivity contribution in [2.45, 2.75) is 6.54 Å². The third-order valence-corrected chi connectivity index (χ3v) is 1.71. The molecule has 0 aliphatic carbocycles. The van der Waals surface area contributed by atoms with E-state index in [2.05, 4.69) is 10.3 Å². The normalized spacial score (nSPS) is 8.47. The minimum atomic E-state index is 0. The number of methoxy groups -OCH3 is 2. The number of rotatable bonds is 4. The molecule has 0 bridgehead atoms. The van der Waals surface area contributed by atoms with Crippen molar-refractivity contribution in [1.82, 2.24) is 10.3 Å². The number of nitrogens with one attached hydrogen (secondary N) is 1. The zero-order chi connectivity index (χ0) is 9.68. The van der Waals surface area contributed by atoms with Crippen molar-refractivity contribution >= 4 is 24.8 Å². The molecule has 0 atom stereocenters. The van der Waals surface area contributed by atoms with Crippen LogP contribution in [0, 0.1) is 0 Å². The second-order valence-electron chi connectivity index (χ2n) is 2.52. The van der Waals surface area contributed by atoms with Gasteiger partial charge in [-0.25, -0.2) is 0 Å². The summed E-state index contributed by atoms with van der Waals surface area (Å²) in [5, 5.41) is 3.01. The van der Waals surface area contributed by atoms with Gasteiger partial charge in [0.15, 0.2) is 11.5 Å². The summed E-state index contributed by atoms with van der Waals surface area (Å²) in [6.07, 6.45) is 1.70. The predicted octanol–water partition coefficient (Wildman–Crippen LogP) is 1.66. The van der Waals surface area contributed by atoms with Crippen molar-refractivity contribution in [2.24, 2.45) is 0 Å². The first-order valence-electron chi connectivity index (χ1n) is 4.04. The van der Waals surface area contributed by atoms with E-state index in [1.54, 1.807) is 26.5 Å². The highest BCUT2D eigenvalue weighted by Crippen LogP contribution is 2.28. The predicted molar refractivity (Wildman–Crippen MR) is 64.6 cm³/mol. The van der Waals surface area contributed by atoms with Crippen molar-refractivity contribution in [3.05, 3.63) is 18.0 Å². The average molecular weight is 255 g/mol. The second-order valence-corrected chi connectivity index (χ2v) is 2.52. The fraction of sp³-hybridized carbons (Fsp3) is 0.444. The summed E-state index contributed by atoms with van der Waals surface area (Å²) in [7, 11) is 5.08. The van der Waals surface area contributed by atoms with E-state index in [0.717, 1.165) is 5.69 Å². The number of aromatic nitrogens is 1. The van der Waals surface area contributed by atoms with Crippen molar-refractivity contribution in [1.29, 1.82) is 0 Å². The van der Waals surface area contributed by atoms with Crippen LogP contribution in [0.5, 0.6) is 11.5 Å². The highest BCUT2D eigenvalue weighted by atomic mass is 35.5. The third-order valence-electron chi connectivity index (χ3n) is 1.71. The first-order valence-corrected chi connectivity index (χ1v) is 4.04. The fourth-order valence-electron chi connectivity index (χ4n) is 1.14. The maximum Gasteiger partial charge on any atom is 0.183 e. The van der Waals surface area contributed by atoms with Crippen molar-refractivity contribution in [3.8, 4) is 11.5 Å². The van der Waals surface area contributed by atoms with Crippen molar-refractivity contribution in [2.75, 3.05) is 21.3 Å². The highest BCUT2D eigenvalue weighted by Gasteiger charge is 2.09. The van der Waals surface area contributed by atoms with E-state index in [1.165, 1.54) is 0 Å². The van der Waals surface area contributed by atoms with E-state index < -0.39 is 0 Å². The Morgan fingerprint density at radius 3 is 2.40 bits per heavy atom. The number of halogens is 2. The van der Waals surface area contributed by atoms with Gasteiger partial charge in [-0.1, -0.05) is 0 Å². The molecule has 0 radical (unpaired) electrons. The molecule has 0 spiro atoms. The van der Waals surface area contributed by atoms with Crippen molar-refractivity contribution in [3.63, 3.8) is 0 Å². The summed E-state index contributed by atoms with van der Waals surface area (Å²) < 4.78 is 10.3. The Balaban J connectivity index is 0. The van der Waals surface area contributed by atoms with E-state index in [9.17, 15) is 0 Å². The van der Waals surface area contributed by atoms with Gasteiger partial charge in [0.1, 0.15) is 0 Å². The van der Waals surface area contributed by atoms with Crippen LogP contribution in [-0.2, 0) is 6.54 Å². The summed E-state index contributed by atoms with van der Waals surface area (Å²) in [4.78, 5) is 4.18. The monoisotopic (exact) mass is 254 g/mol. The van der Waals surface area contributed by atoms with E-state index in [-0.39, 0.29) is 24.8 Å². The average Bonchev–Trinajstić information content (AvgIpc) is 2.18. The van der Waals surface area contributed by atoms with Crippen LogP contribution in [0.15, 0.2) is 12.3 Å². The Morgan fingerprint density at radius 1 is 1.27 bits per heavy atom. The first-order chi connectivity index (χ1) is 6.33. The SMILES string of the molecule is CNCc1nccc(OC)c1OC.Cl.Cl. The molecule has 1 aromatic heterocycles. The molecule has 0 saturated heterocycles. The Kier molecular flexibility index (Phi) is 9.57. The smallest absolute Gasteiger partial charge is 0.183 e. The summed E-state index contributed by atoms with van der Waals surface area (Å²) in [6.45, 7) is 0.667. The lowest BCUT2D eigenvalue weighted by Crippen LogP contribution is -2.09. The van der Waals surface area contributed by atoms with Gasteiger partial charge in [-0.3, -0.25) is 4.98 Å². The third kappa shape index (κ3) is 4.11. The van der Waals surface area contributed by atoms with Crippen LogP contribution >= 0.6 is 24.8 Å². The summed E-state index contributed by atoms with van der Waals surface area (Å²) in [6, 6.07) is 1.78. The van der Waals surface area contributed by atoms with Gasteiger partial charge in [-0.05, 0) is 7.05 Å². The van der Waals surface area contributed by atoms with Crippen LogP contribution in [0.2, 0.25) is 0 Å². The molecule has 15 heavy (non-hydrogen) atoms. The van der Waals surface area contributed by atoms with E-state index >= 15 is 0 Å². The minimum absolute atomic E-state index is 0. The molecule has 4 nitrogen and oxygen atoms in total. The molecular formula is C9H16Cl2N2O2. The van der Waals surface area contributed by atoms with Gasteiger partial charge in [0.25, 0.3) is 0 Å². The number of ether oxygens (including phenoxy) is 2. The fourth-order valence-corrected chi connectivity index (χ4v) is 1.14. The molecule has 1 N–H and O–H groups in total. The van der Waals surface area contributed by atoms with Gasteiger partial charge in [-0.15, -0.1) is 24.8 Å². The summed E-state index contributed by atoms with van der Waals surface area (Å²) in [5.41, 5.74) is 0.851. The van der Waals surface area contributed by atoms with Crippen LogP contribution in [0.1, 0.15) is 5.69 Å². The van der Waals surface area contributed by atoms with Crippen LogP contribution in [-0.4, -0.2) is 26.3 Å². The highest BCUT2D eigenvalue weighted by molar-refractivity contribution is 5.85. The molecule has 88 valence electrons. The molecule has 1 rings (SSSR count). The Bertz CT molecular complexity index is 285. The number of nitrogens with zero attached hydrogens (tertiary/aromatic N) is 1.